The van der Waals surface area contributed by atoms with E-state index in [0.717, 1.165) is 18.0 Å². The van der Waals surface area contributed by atoms with E-state index in [0.29, 0.717) is 30.3 Å². The topological polar surface area (TPSA) is 59.0 Å². The number of hydrogen-bond acceptors (Lipinski definition) is 4. The molecule has 0 fully saturated rings. The van der Waals surface area contributed by atoms with Gasteiger partial charge in [0.05, 0.1) is 5.56 Å². The van der Waals surface area contributed by atoms with Gasteiger partial charge in [0.25, 0.3) is 0 Å². The number of carboxylic acid groups (broad SMARTS) is 1. The zero-order valence-corrected chi connectivity index (χ0v) is 14.7. The maximum absolute atomic E-state index is 11.4. The van der Waals surface area contributed by atoms with E-state index in [9.17, 15) is 9.90 Å². The molecule has 1 atom stereocenters. The Hall–Kier alpha value is -2.24. The van der Waals surface area contributed by atoms with Crippen molar-refractivity contribution in [3.05, 3.63) is 58.6 Å². The standard InChI is InChI=1S/C19H20ClNO4/c1-2-21(11-15-14(19(22)23)6-5-7-16(15)20)10-13-12-24-17-8-3-4-9-18(17)25-13/h3-9,13H,2,10-12H2,1H3,(H,22,23). The summed E-state index contributed by atoms with van der Waals surface area (Å²) in [6.45, 7) is 4.29. The van der Waals surface area contributed by atoms with Crippen LogP contribution in [-0.2, 0) is 6.54 Å². The van der Waals surface area contributed by atoms with Crippen LogP contribution in [0.5, 0.6) is 11.5 Å². The highest BCUT2D eigenvalue weighted by molar-refractivity contribution is 6.31. The fourth-order valence-electron chi connectivity index (χ4n) is 2.89. The summed E-state index contributed by atoms with van der Waals surface area (Å²) in [4.78, 5) is 13.6. The summed E-state index contributed by atoms with van der Waals surface area (Å²) in [5.74, 6) is 0.513. The Bertz CT molecular complexity index is 765. The number of aromatic carboxylic acids is 1. The number of halogens is 1. The number of carbonyl (C=O) groups is 1. The van der Waals surface area contributed by atoms with E-state index >= 15 is 0 Å². The molecule has 0 radical (unpaired) electrons. The zero-order valence-electron chi connectivity index (χ0n) is 13.9. The maximum Gasteiger partial charge on any atom is 0.336 e. The average molecular weight is 362 g/mol. The van der Waals surface area contributed by atoms with Crippen molar-refractivity contribution in [3.8, 4) is 11.5 Å². The third-order valence-electron chi connectivity index (χ3n) is 4.21. The van der Waals surface area contributed by atoms with Gasteiger partial charge in [-0.3, -0.25) is 4.90 Å². The fraction of sp³-hybridized carbons (Fsp3) is 0.316. The normalized spacial score (nSPS) is 16.0. The van der Waals surface area contributed by atoms with Crippen molar-refractivity contribution < 1.29 is 19.4 Å². The Morgan fingerprint density at radius 1 is 1.24 bits per heavy atom. The van der Waals surface area contributed by atoms with E-state index in [4.69, 9.17) is 21.1 Å². The van der Waals surface area contributed by atoms with Crippen LogP contribution in [0.1, 0.15) is 22.8 Å². The molecule has 0 spiro atoms. The Labute approximate surface area is 151 Å². The zero-order chi connectivity index (χ0) is 17.8. The number of fused-ring (bicyclic) bond motifs is 1. The first-order valence-electron chi connectivity index (χ1n) is 8.20. The SMILES string of the molecule is CCN(Cc1c(Cl)cccc1C(=O)O)CC1COc2ccccc2O1. The van der Waals surface area contributed by atoms with Crippen molar-refractivity contribution in [2.45, 2.75) is 19.6 Å². The molecule has 5 nitrogen and oxygen atoms in total. The third-order valence-corrected chi connectivity index (χ3v) is 4.56. The van der Waals surface area contributed by atoms with Crippen LogP contribution in [0, 0.1) is 0 Å². The van der Waals surface area contributed by atoms with E-state index in [1.54, 1.807) is 18.2 Å². The van der Waals surface area contributed by atoms with E-state index in [-0.39, 0.29) is 11.7 Å². The minimum Gasteiger partial charge on any atom is -0.486 e. The first-order chi connectivity index (χ1) is 12.1. The molecule has 2 aromatic rings. The van der Waals surface area contributed by atoms with Gasteiger partial charge in [0.1, 0.15) is 12.7 Å². The number of nitrogens with zero attached hydrogens (tertiary/aromatic N) is 1. The van der Waals surface area contributed by atoms with Gasteiger partial charge in [0.15, 0.2) is 11.5 Å². The van der Waals surface area contributed by atoms with Gasteiger partial charge in [-0.05, 0) is 36.4 Å². The van der Waals surface area contributed by atoms with Gasteiger partial charge in [-0.25, -0.2) is 4.79 Å². The number of benzene rings is 2. The van der Waals surface area contributed by atoms with Crippen LogP contribution in [-0.4, -0.2) is 41.8 Å². The Balaban J connectivity index is 1.72. The van der Waals surface area contributed by atoms with Crippen LogP contribution in [0.2, 0.25) is 5.02 Å². The predicted octanol–water partition coefficient (Wildman–Crippen LogP) is 3.70. The van der Waals surface area contributed by atoms with Crippen molar-refractivity contribution in [2.24, 2.45) is 0 Å². The maximum atomic E-state index is 11.4. The number of likely N-dealkylation sites (N-methyl/N-ethyl adjacent to an activating group) is 1. The number of ether oxygens (including phenoxy) is 2. The lowest BCUT2D eigenvalue weighted by Gasteiger charge is -2.31. The van der Waals surface area contributed by atoms with Gasteiger partial charge >= 0.3 is 5.97 Å². The van der Waals surface area contributed by atoms with Crippen molar-refractivity contribution in [1.82, 2.24) is 4.90 Å². The lowest BCUT2D eigenvalue weighted by atomic mass is 10.1. The molecule has 3 rings (SSSR count). The van der Waals surface area contributed by atoms with Crippen LogP contribution < -0.4 is 9.47 Å². The first kappa shape index (κ1) is 17.6. The van der Waals surface area contributed by atoms with Crippen LogP contribution in [0.3, 0.4) is 0 Å². The molecule has 25 heavy (non-hydrogen) atoms. The van der Waals surface area contributed by atoms with Gasteiger partial charge in [0, 0.05) is 18.1 Å². The molecule has 0 aliphatic carbocycles. The summed E-state index contributed by atoms with van der Waals surface area (Å²) in [5.41, 5.74) is 0.854. The highest BCUT2D eigenvalue weighted by atomic mass is 35.5. The van der Waals surface area contributed by atoms with Crippen LogP contribution >= 0.6 is 11.6 Å². The van der Waals surface area contributed by atoms with E-state index in [1.807, 2.05) is 31.2 Å². The first-order valence-corrected chi connectivity index (χ1v) is 8.57. The largest absolute Gasteiger partial charge is 0.486 e. The molecule has 0 aromatic heterocycles. The monoisotopic (exact) mass is 361 g/mol. The highest BCUT2D eigenvalue weighted by Crippen LogP contribution is 2.31. The Kier molecular flexibility index (Phi) is 5.46. The van der Waals surface area contributed by atoms with Crippen molar-refractivity contribution in [2.75, 3.05) is 19.7 Å². The van der Waals surface area contributed by atoms with Gasteiger partial charge in [-0.15, -0.1) is 0 Å². The van der Waals surface area contributed by atoms with Crippen molar-refractivity contribution in [1.29, 1.82) is 0 Å². The molecule has 1 N–H and O–H groups in total. The molecular formula is C19H20ClNO4. The smallest absolute Gasteiger partial charge is 0.336 e. The number of para-hydroxylation sites is 2. The second-order valence-corrected chi connectivity index (χ2v) is 6.30. The second-order valence-electron chi connectivity index (χ2n) is 5.90. The Morgan fingerprint density at radius 2 is 2.00 bits per heavy atom. The molecule has 1 aliphatic rings. The van der Waals surface area contributed by atoms with Gasteiger partial charge in [-0.1, -0.05) is 36.7 Å². The predicted molar refractivity (Wildman–Crippen MR) is 95.7 cm³/mol. The van der Waals surface area contributed by atoms with Gasteiger partial charge in [0.2, 0.25) is 0 Å². The highest BCUT2D eigenvalue weighted by Gasteiger charge is 2.24. The van der Waals surface area contributed by atoms with E-state index < -0.39 is 5.97 Å². The molecule has 132 valence electrons. The molecule has 0 saturated carbocycles. The van der Waals surface area contributed by atoms with Crippen molar-refractivity contribution >= 4 is 17.6 Å². The van der Waals surface area contributed by atoms with Crippen molar-refractivity contribution in [3.63, 3.8) is 0 Å². The molecule has 1 unspecified atom stereocenters. The fourth-order valence-corrected chi connectivity index (χ4v) is 3.12. The second kappa shape index (κ2) is 7.76. The van der Waals surface area contributed by atoms with Gasteiger partial charge in [-0.2, -0.15) is 0 Å². The summed E-state index contributed by atoms with van der Waals surface area (Å²) in [5, 5.41) is 9.85. The van der Waals surface area contributed by atoms with Gasteiger partial charge < -0.3 is 14.6 Å². The summed E-state index contributed by atoms with van der Waals surface area (Å²) >= 11 is 6.24. The average Bonchev–Trinajstić information content (AvgIpc) is 2.62. The molecule has 0 bridgehead atoms. The molecule has 0 amide bonds. The van der Waals surface area contributed by atoms with Crippen LogP contribution in [0.25, 0.3) is 0 Å². The third kappa shape index (κ3) is 4.06. The van der Waals surface area contributed by atoms with E-state index in [1.165, 1.54) is 0 Å². The van der Waals surface area contributed by atoms with E-state index in [2.05, 4.69) is 4.90 Å². The number of hydrogen-bond donors (Lipinski definition) is 1. The minimum absolute atomic E-state index is 0.120. The molecular weight excluding hydrogens is 342 g/mol. The number of carboxylic acids is 1. The summed E-state index contributed by atoms with van der Waals surface area (Å²) in [6, 6.07) is 12.5. The lowest BCUT2D eigenvalue weighted by Crippen LogP contribution is -2.40. The molecule has 1 heterocycles. The summed E-state index contributed by atoms with van der Waals surface area (Å²) in [7, 11) is 0. The van der Waals surface area contributed by atoms with Crippen LogP contribution in [0.4, 0.5) is 0 Å². The summed E-state index contributed by atoms with van der Waals surface area (Å²) < 4.78 is 11.7. The number of rotatable bonds is 6. The molecule has 2 aromatic carbocycles. The minimum atomic E-state index is -0.972. The van der Waals surface area contributed by atoms with Crippen LogP contribution in [0.15, 0.2) is 42.5 Å². The lowest BCUT2D eigenvalue weighted by molar-refractivity contribution is 0.0575. The molecule has 1 aliphatic heterocycles. The Morgan fingerprint density at radius 3 is 2.72 bits per heavy atom. The summed E-state index contributed by atoms with van der Waals surface area (Å²) in [6.07, 6.45) is -0.120. The molecule has 0 saturated heterocycles. The quantitative estimate of drug-likeness (QED) is 0.850. The molecule has 6 heteroatoms.